The third kappa shape index (κ3) is 5.70. The van der Waals surface area contributed by atoms with Crippen molar-refractivity contribution in [3.05, 3.63) is 34.9 Å². The molecule has 2 rings (SSSR count). The van der Waals surface area contributed by atoms with Gasteiger partial charge in [-0.3, -0.25) is 15.7 Å². The van der Waals surface area contributed by atoms with Gasteiger partial charge < -0.3 is 9.64 Å². The average Bonchev–Trinajstić information content (AvgIpc) is 3.08. The summed E-state index contributed by atoms with van der Waals surface area (Å²) in [6.45, 7) is 8.37. The molecule has 2 N–H and O–H groups in total. The largest absolute Gasteiger partial charge is 0.444 e. The van der Waals surface area contributed by atoms with Crippen molar-refractivity contribution < 1.29 is 9.53 Å². The lowest BCUT2D eigenvalue weighted by Crippen LogP contribution is -2.50. The summed E-state index contributed by atoms with van der Waals surface area (Å²) in [5, 5.41) is 17.7. The van der Waals surface area contributed by atoms with Gasteiger partial charge in [0.2, 0.25) is 0 Å². The molecule has 0 saturated carbocycles. The van der Waals surface area contributed by atoms with E-state index in [0.29, 0.717) is 36.8 Å². The van der Waals surface area contributed by atoms with Crippen LogP contribution in [0.3, 0.4) is 0 Å². The molecule has 1 aliphatic rings. The molecule has 1 heterocycles. The van der Waals surface area contributed by atoms with Gasteiger partial charge in [0.25, 0.3) is 0 Å². The van der Waals surface area contributed by atoms with Crippen molar-refractivity contribution in [2.75, 3.05) is 6.54 Å². The summed E-state index contributed by atoms with van der Waals surface area (Å²) in [6, 6.07) is 7.02. The van der Waals surface area contributed by atoms with Gasteiger partial charge in [-0.25, -0.2) is 4.79 Å². The second kappa shape index (κ2) is 8.74. The SMILES string of the molecule is CCC(=N)N(Cc1ccc(Cl)cc1)C(=N)[C@H]1CCCN1C(=O)OC(C)(C)C. The number of benzene rings is 1. The van der Waals surface area contributed by atoms with Crippen molar-refractivity contribution in [2.24, 2.45) is 0 Å². The van der Waals surface area contributed by atoms with Crippen LogP contribution in [0.5, 0.6) is 0 Å². The number of likely N-dealkylation sites (tertiary alicyclic amines) is 1. The van der Waals surface area contributed by atoms with E-state index in [1.165, 1.54) is 0 Å². The van der Waals surface area contributed by atoms with Crippen LogP contribution in [-0.4, -0.2) is 45.8 Å². The van der Waals surface area contributed by atoms with E-state index < -0.39 is 11.7 Å². The Balaban J connectivity index is 2.19. The molecule has 27 heavy (non-hydrogen) atoms. The van der Waals surface area contributed by atoms with Crippen LogP contribution >= 0.6 is 11.6 Å². The first-order valence-corrected chi connectivity index (χ1v) is 9.67. The zero-order valence-electron chi connectivity index (χ0n) is 16.5. The van der Waals surface area contributed by atoms with E-state index in [1.54, 1.807) is 21.9 Å². The maximum Gasteiger partial charge on any atom is 0.410 e. The minimum absolute atomic E-state index is 0.264. The van der Waals surface area contributed by atoms with Gasteiger partial charge in [0.15, 0.2) is 0 Å². The van der Waals surface area contributed by atoms with Crippen LogP contribution in [0, 0.1) is 10.8 Å². The van der Waals surface area contributed by atoms with Gasteiger partial charge in [-0.2, -0.15) is 0 Å². The predicted molar refractivity (Wildman–Crippen MR) is 109 cm³/mol. The highest BCUT2D eigenvalue weighted by atomic mass is 35.5. The molecule has 1 atom stereocenters. The Morgan fingerprint density at radius 3 is 2.48 bits per heavy atom. The lowest BCUT2D eigenvalue weighted by Gasteiger charge is -2.33. The molecule has 1 aromatic rings. The summed E-state index contributed by atoms with van der Waals surface area (Å²) >= 11 is 5.95. The van der Waals surface area contributed by atoms with Gasteiger partial charge in [-0.15, -0.1) is 0 Å². The van der Waals surface area contributed by atoms with E-state index >= 15 is 0 Å². The van der Waals surface area contributed by atoms with Crippen LogP contribution in [0.15, 0.2) is 24.3 Å². The Morgan fingerprint density at radius 1 is 1.30 bits per heavy atom. The number of nitrogens with one attached hydrogen (secondary N) is 2. The van der Waals surface area contributed by atoms with E-state index in [-0.39, 0.29) is 11.9 Å². The van der Waals surface area contributed by atoms with Crippen LogP contribution in [0.4, 0.5) is 4.79 Å². The number of ether oxygens (including phenoxy) is 1. The summed E-state index contributed by atoms with van der Waals surface area (Å²) in [5.41, 5.74) is 0.384. The summed E-state index contributed by atoms with van der Waals surface area (Å²) < 4.78 is 5.50. The summed E-state index contributed by atoms with van der Waals surface area (Å²) in [5.74, 6) is 0.617. The molecule has 6 nitrogen and oxygen atoms in total. The van der Waals surface area contributed by atoms with Crippen molar-refractivity contribution in [1.82, 2.24) is 9.80 Å². The van der Waals surface area contributed by atoms with Crippen molar-refractivity contribution in [3.63, 3.8) is 0 Å². The fraction of sp³-hybridized carbons (Fsp3) is 0.550. The van der Waals surface area contributed by atoms with Crippen LogP contribution in [0.2, 0.25) is 5.02 Å². The fourth-order valence-electron chi connectivity index (χ4n) is 3.06. The summed E-state index contributed by atoms with van der Waals surface area (Å²) in [7, 11) is 0. The lowest BCUT2D eigenvalue weighted by molar-refractivity contribution is 0.0261. The fourth-order valence-corrected chi connectivity index (χ4v) is 3.19. The van der Waals surface area contributed by atoms with Crippen molar-refractivity contribution in [1.29, 1.82) is 10.8 Å². The highest BCUT2D eigenvalue weighted by molar-refractivity contribution is 6.30. The van der Waals surface area contributed by atoms with Gasteiger partial charge in [0, 0.05) is 18.0 Å². The second-order valence-corrected chi connectivity index (χ2v) is 8.17. The zero-order chi connectivity index (χ0) is 20.2. The number of hydrogen-bond acceptors (Lipinski definition) is 4. The molecule has 1 aliphatic heterocycles. The number of rotatable bonds is 4. The number of hydrogen-bond donors (Lipinski definition) is 2. The minimum Gasteiger partial charge on any atom is -0.444 e. The molecule has 0 unspecified atom stereocenters. The number of nitrogens with zero attached hydrogens (tertiary/aromatic N) is 2. The highest BCUT2D eigenvalue weighted by Gasteiger charge is 2.37. The van der Waals surface area contributed by atoms with E-state index in [2.05, 4.69) is 0 Å². The molecule has 0 radical (unpaired) electrons. The van der Waals surface area contributed by atoms with Crippen molar-refractivity contribution in [2.45, 2.75) is 65.1 Å². The Morgan fingerprint density at radius 2 is 1.93 bits per heavy atom. The standard InChI is InChI=1S/C20H29ClN4O2/c1-5-17(22)25(13-14-8-10-15(21)11-9-14)18(23)16-7-6-12-24(16)19(26)27-20(2,3)4/h8-11,16,22-23H,5-7,12-13H2,1-4H3/t16-/m1/s1. The highest BCUT2D eigenvalue weighted by Crippen LogP contribution is 2.24. The Labute approximate surface area is 166 Å². The molecule has 0 aliphatic carbocycles. The van der Waals surface area contributed by atoms with Crippen molar-refractivity contribution in [3.8, 4) is 0 Å². The Bertz CT molecular complexity index is 697. The molecule has 7 heteroatoms. The minimum atomic E-state index is -0.578. The van der Waals surface area contributed by atoms with Crippen LogP contribution in [0.1, 0.15) is 52.5 Å². The molecule has 1 amide bonds. The van der Waals surface area contributed by atoms with E-state index in [1.807, 2.05) is 39.8 Å². The normalized spacial score (nSPS) is 16.9. The van der Waals surface area contributed by atoms with Crippen molar-refractivity contribution >= 4 is 29.4 Å². The molecule has 0 spiro atoms. The molecule has 1 fully saturated rings. The smallest absolute Gasteiger partial charge is 0.410 e. The van der Waals surface area contributed by atoms with Crippen LogP contribution in [-0.2, 0) is 11.3 Å². The van der Waals surface area contributed by atoms with Crippen LogP contribution in [0.25, 0.3) is 0 Å². The maximum absolute atomic E-state index is 12.6. The number of halogens is 1. The van der Waals surface area contributed by atoms with E-state index in [0.717, 1.165) is 12.0 Å². The number of amides is 1. The average molecular weight is 393 g/mol. The molecular formula is C20H29ClN4O2. The van der Waals surface area contributed by atoms with E-state index in [4.69, 9.17) is 27.2 Å². The molecular weight excluding hydrogens is 364 g/mol. The first-order valence-electron chi connectivity index (χ1n) is 9.30. The van der Waals surface area contributed by atoms with E-state index in [9.17, 15) is 4.79 Å². The van der Waals surface area contributed by atoms with Gasteiger partial charge in [0.05, 0.1) is 12.6 Å². The Kier molecular flexibility index (Phi) is 6.87. The molecule has 1 saturated heterocycles. The van der Waals surface area contributed by atoms with Crippen LogP contribution < -0.4 is 0 Å². The summed E-state index contributed by atoms with van der Waals surface area (Å²) in [6.07, 6.45) is 1.63. The van der Waals surface area contributed by atoms with Gasteiger partial charge in [0.1, 0.15) is 17.3 Å². The third-order valence-corrected chi connectivity index (χ3v) is 4.65. The summed E-state index contributed by atoms with van der Waals surface area (Å²) in [4.78, 5) is 15.8. The first-order chi connectivity index (χ1) is 12.6. The zero-order valence-corrected chi connectivity index (χ0v) is 17.3. The quantitative estimate of drug-likeness (QED) is 0.564. The predicted octanol–water partition coefficient (Wildman–Crippen LogP) is 4.91. The molecule has 148 valence electrons. The Hall–Kier alpha value is -2.08. The second-order valence-electron chi connectivity index (χ2n) is 7.73. The third-order valence-electron chi connectivity index (χ3n) is 4.40. The van der Waals surface area contributed by atoms with Gasteiger partial charge >= 0.3 is 6.09 Å². The maximum atomic E-state index is 12.6. The monoisotopic (exact) mass is 392 g/mol. The molecule has 0 bridgehead atoms. The molecule has 0 aromatic heterocycles. The number of amidine groups is 2. The number of carbonyl (C=O) groups excluding carboxylic acids is 1. The van der Waals surface area contributed by atoms with Gasteiger partial charge in [-0.1, -0.05) is 30.7 Å². The number of carbonyl (C=O) groups is 1. The topological polar surface area (TPSA) is 80.5 Å². The van der Waals surface area contributed by atoms with Gasteiger partial charge in [-0.05, 0) is 51.3 Å². The first kappa shape index (κ1) is 21.2. The lowest BCUT2D eigenvalue weighted by atomic mass is 10.1. The molecule has 1 aromatic carbocycles.